The Balaban J connectivity index is 0.000000155. The SMILES string of the molecule is Cc1ccc(O)cc1-c1ccccn1.Cc1ccnc(-c2cccc(Br)c2)c1.Cc1ccnc(-c2cccc(Oc3ccc(C)c(-c4ccccn4)c3)c2)c1. The molecule has 0 atom stereocenters. The Morgan fingerprint density at radius 2 is 0.964 bits per heavy atom. The van der Waals surface area contributed by atoms with Crippen molar-refractivity contribution in [3.8, 4) is 62.3 Å². The monoisotopic (exact) mass is 784 g/mol. The third-order valence-corrected chi connectivity index (χ3v) is 9.12. The van der Waals surface area contributed by atoms with E-state index in [1.54, 1.807) is 24.5 Å². The molecule has 0 aliphatic carbocycles. The van der Waals surface area contributed by atoms with Crippen LogP contribution in [0.2, 0.25) is 0 Å². The number of aryl methyl sites for hydroxylation is 4. The van der Waals surface area contributed by atoms with Gasteiger partial charge in [0, 0.05) is 51.5 Å². The van der Waals surface area contributed by atoms with E-state index < -0.39 is 0 Å². The molecule has 0 amide bonds. The summed E-state index contributed by atoms with van der Waals surface area (Å²) in [5.74, 6) is 1.85. The summed E-state index contributed by atoms with van der Waals surface area (Å²) >= 11 is 3.45. The number of aromatic nitrogens is 4. The minimum atomic E-state index is 0.274. The number of hydrogen-bond donors (Lipinski definition) is 1. The highest BCUT2D eigenvalue weighted by Gasteiger charge is 2.08. The van der Waals surface area contributed by atoms with Gasteiger partial charge in [-0.3, -0.25) is 19.9 Å². The number of nitrogens with zero attached hydrogens (tertiary/aromatic N) is 4. The Morgan fingerprint density at radius 3 is 1.53 bits per heavy atom. The zero-order valence-electron chi connectivity index (χ0n) is 31.2. The Hall–Kier alpha value is -6.44. The third-order valence-electron chi connectivity index (χ3n) is 8.63. The lowest BCUT2D eigenvalue weighted by molar-refractivity contribution is 0.475. The molecule has 8 rings (SSSR count). The lowest BCUT2D eigenvalue weighted by atomic mass is 10.0. The highest BCUT2D eigenvalue weighted by molar-refractivity contribution is 9.10. The topological polar surface area (TPSA) is 81.0 Å². The van der Waals surface area contributed by atoms with Crippen LogP contribution in [0.5, 0.6) is 17.2 Å². The molecule has 0 aliphatic rings. The van der Waals surface area contributed by atoms with Crippen LogP contribution in [0.4, 0.5) is 0 Å². The van der Waals surface area contributed by atoms with Crippen molar-refractivity contribution in [2.45, 2.75) is 27.7 Å². The second-order valence-corrected chi connectivity index (χ2v) is 13.9. The summed E-state index contributed by atoms with van der Waals surface area (Å²) in [6, 6.07) is 47.4. The predicted molar refractivity (Wildman–Crippen MR) is 227 cm³/mol. The first-order chi connectivity index (χ1) is 26.7. The van der Waals surface area contributed by atoms with Crippen LogP contribution in [0.15, 0.2) is 175 Å². The van der Waals surface area contributed by atoms with Crippen LogP contribution in [-0.4, -0.2) is 25.0 Å². The van der Waals surface area contributed by atoms with Crippen molar-refractivity contribution in [2.24, 2.45) is 0 Å². The van der Waals surface area contributed by atoms with E-state index in [4.69, 9.17) is 4.74 Å². The molecule has 4 aromatic carbocycles. The van der Waals surface area contributed by atoms with Crippen molar-refractivity contribution in [2.75, 3.05) is 0 Å². The molecule has 55 heavy (non-hydrogen) atoms. The molecule has 4 heterocycles. The van der Waals surface area contributed by atoms with Gasteiger partial charge in [0.05, 0.1) is 22.8 Å². The zero-order chi connectivity index (χ0) is 38.6. The number of hydrogen-bond acceptors (Lipinski definition) is 6. The van der Waals surface area contributed by atoms with E-state index in [0.717, 1.165) is 66.6 Å². The maximum absolute atomic E-state index is 9.37. The van der Waals surface area contributed by atoms with Crippen molar-refractivity contribution < 1.29 is 9.84 Å². The van der Waals surface area contributed by atoms with Crippen LogP contribution in [0, 0.1) is 27.7 Å². The fourth-order valence-electron chi connectivity index (χ4n) is 5.76. The summed E-state index contributed by atoms with van der Waals surface area (Å²) in [4.78, 5) is 17.5. The number of phenols is 1. The number of aromatic hydroxyl groups is 1. The van der Waals surface area contributed by atoms with Gasteiger partial charge in [-0.2, -0.15) is 0 Å². The summed E-state index contributed by atoms with van der Waals surface area (Å²) in [6.07, 6.45) is 7.22. The normalized spacial score (nSPS) is 10.3. The summed E-state index contributed by atoms with van der Waals surface area (Å²) < 4.78 is 7.21. The van der Waals surface area contributed by atoms with Crippen LogP contribution < -0.4 is 4.74 Å². The summed E-state index contributed by atoms with van der Waals surface area (Å²) in [5.41, 5.74) is 12.7. The predicted octanol–water partition coefficient (Wildman–Crippen LogP) is 12.8. The van der Waals surface area contributed by atoms with Gasteiger partial charge in [0.15, 0.2) is 0 Å². The number of rotatable bonds is 6. The highest BCUT2D eigenvalue weighted by atomic mass is 79.9. The van der Waals surface area contributed by atoms with Crippen LogP contribution in [0.1, 0.15) is 22.3 Å². The van der Waals surface area contributed by atoms with Gasteiger partial charge in [-0.25, -0.2) is 0 Å². The fraction of sp³-hybridized carbons (Fsp3) is 0.0833. The minimum Gasteiger partial charge on any atom is -0.508 e. The second kappa shape index (κ2) is 18.5. The largest absolute Gasteiger partial charge is 0.508 e. The van der Waals surface area contributed by atoms with Crippen LogP contribution in [0.3, 0.4) is 0 Å². The molecule has 4 aromatic heterocycles. The Kier molecular flexibility index (Phi) is 12.9. The quantitative estimate of drug-likeness (QED) is 0.181. The molecule has 0 aliphatic heterocycles. The van der Waals surface area contributed by atoms with Crippen LogP contribution in [0.25, 0.3) is 45.0 Å². The van der Waals surface area contributed by atoms with Gasteiger partial charge in [0.1, 0.15) is 17.2 Å². The molecule has 7 heteroatoms. The molecule has 6 nitrogen and oxygen atoms in total. The van der Waals surface area contributed by atoms with E-state index in [1.807, 2.05) is 122 Å². The maximum atomic E-state index is 9.37. The van der Waals surface area contributed by atoms with Crippen molar-refractivity contribution in [1.29, 1.82) is 0 Å². The maximum Gasteiger partial charge on any atom is 0.128 e. The third kappa shape index (κ3) is 10.8. The van der Waals surface area contributed by atoms with E-state index in [-0.39, 0.29) is 5.75 Å². The molecule has 0 unspecified atom stereocenters. The average molecular weight is 786 g/mol. The van der Waals surface area contributed by atoms with Crippen molar-refractivity contribution >= 4 is 15.9 Å². The first-order valence-corrected chi connectivity index (χ1v) is 18.6. The lowest BCUT2D eigenvalue weighted by Gasteiger charge is -2.11. The first kappa shape index (κ1) is 38.3. The number of benzene rings is 4. The second-order valence-electron chi connectivity index (χ2n) is 13.0. The fourth-order valence-corrected chi connectivity index (χ4v) is 6.16. The van der Waals surface area contributed by atoms with Gasteiger partial charge in [-0.05, 0) is 147 Å². The number of halogens is 1. The number of pyridine rings is 4. The molecule has 0 spiro atoms. The lowest BCUT2D eigenvalue weighted by Crippen LogP contribution is -1.90. The zero-order valence-corrected chi connectivity index (χ0v) is 32.8. The molecule has 0 radical (unpaired) electrons. The van der Waals surface area contributed by atoms with E-state index >= 15 is 0 Å². The van der Waals surface area contributed by atoms with Gasteiger partial charge in [0.25, 0.3) is 0 Å². The average Bonchev–Trinajstić information content (AvgIpc) is 3.21. The molecule has 272 valence electrons. The Morgan fingerprint density at radius 1 is 0.436 bits per heavy atom. The summed E-state index contributed by atoms with van der Waals surface area (Å²) in [6.45, 7) is 8.22. The summed E-state index contributed by atoms with van der Waals surface area (Å²) in [7, 11) is 0. The molecule has 1 N–H and O–H groups in total. The highest BCUT2D eigenvalue weighted by Crippen LogP contribution is 2.31. The molecule has 0 saturated carbocycles. The van der Waals surface area contributed by atoms with E-state index in [1.165, 1.54) is 16.7 Å². The van der Waals surface area contributed by atoms with Gasteiger partial charge >= 0.3 is 0 Å². The standard InChI is InChI=1S/C24H20N2O.C12H10BrN.C12H11NO/c1-17-11-13-26-24(14-17)19-6-5-7-20(15-19)27-21-10-9-18(2)22(16-21)23-8-3-4-12-25-23;1-9-5-6-14-12(7-9)10-3-2-4-11(13)8-10;1-9-5-6-10(14)8-11(9)12-4-2-3-7-13-12/h3-16H,1-2H3;2-8H,1H3;2-8,14H,1H3. The van der Waals surface area contributed by atoms with Gasteiger partial charge < -0.3 is 9.84 Å². The Bertz CT molecular complexity index is 2450. The molecule has 0 bridgehead atoms. The molecular formula is C48H41BrN4O2. The first-order valence-electron chi connectivity index (χ1n) is 17.8. The van der Waals surface area contributed by atoms with E-state index in [0.29, 0.717) is 0 Å². The smallest absolute Gasteiger partial charge is 0.128 e. The van der Waals surface area contributed by atoms with E-state index in [2.05, 4.69) is 87.0 Å². The van der Waals surface area contributed by atoms with E-state index in [9.17, 15) is 5.11 Å². The Labute approximate surface area is 331 Å². The molecular weight excluding hydrogens is 744 g/mol. The van der Waals surface area contributed by atoms with Crippen LogP contribution in [-0.2, 0) is 0 Å². The van der Waals surface area contributed by atoms with Gasteiger partial charge in [0.2, 0.25) is 0 Å². The van der Waals surface area contributed by atoms with Crippen molar-refractivity contribution in [3.05, 3.63) is 197 Å². The summed E-state index contributed by atoms with van der Waals surface area (Å²) in [5, 5.41) is 9.37. The molecule has 0 saturated heterocycles. The van der Waals surface area contributed by atoms with Crippen LogP contribution >= 0.6 is 15.9 Å². The van der Waals surface area contributed by atoms with Crippen molar-refractivity contribution in [3.63, 3.8) is 0 Å². The molecule has 8 aromatic rings. The van der Waals surface area contributed by atoms with Gasteiger partial charge in [-0.15, -0.1) is 0 Å². The molecule has 0 fully saturated rings. The number of phenolic OH excluding ortho intramolecular Hbond substituents is 1. The minimum absolute atomic E-state index is 0.274. The van der Waals surface area contributed by atoms with Crippen molar-refractivity contribution in [1.82, 2.24) is 19.9 Å². The van der Waals surface area contributed by atoms with Gasteiger partial charge in [-0.1, -0.05) is 64.5 Å². The number of ether oxygens (including phenoxy) is 1.